The molecule has 0 unspecified atom stereocenters. The van der Waals surface area contributed by atoms with Gasteiger partial charge in [0.05, 0.1) is 5.92 Å². The molecule has 6 heteroatoms. The Morgan fingerprint density at radius 3 is 2.84 bits per heavy atom. The molecule has 2 heterocycles. The van der Waals surface area contributed by atoms with Crippen molar-refractivity contribution in [3.05, 3.63) is 30.1 Å². The van der Waals surface area contributed by atoms with Crippen LogP contribution in [0.3, 0.4) is 0 Å². The zero-order valence-corrected chi connectivity index (χ0v) is 10.6. The number of piperidine rings is 1. The van der Waals surface area contributed by atoms with Gasteiger partial charge in [-0.3, -0.25) is 9.78 Å². The molecule has 0 bridgehead atoms. The molecule has 1 aromatic heterocycles. The lowest BCUT2D eigenvalue weighted by Crippen LogP contribution is -2.46. The first-order chi connectivity index (χ1) is 9.16. The maximum absolute atomic E-state index is 11.9. The second-order valence-corrected chi connectivity index (χ2v) is 4.64. The maximum atomic E-state index is 11.9. The molecule has 1 atom stereocenters. The lowest BCUT2D eigenvalue weighted by molar-refractivity contribution is -0.143. The monoisotopic (exact) mass is 263 g/mol. The van der Waals surface area contributed by atoms with Gasteiger partial charge >= 0.3 is 12.0 Å². The van der Waals surface area contributed by atoms with Crippen molar-refractivity contribution in [2.75, 3.05) is 13.1 Å². The van der Waals surface area contributed by atoms with Crippen LogP contribution in [0.1, 0.15) is 18.4 Å². The van der Waals surface area contributed by atoms with E-state index in [0.29, 0.717) is 19.5 Å². The Labute approximate surface area is 111 Å². The Balaban J connectivity index is 1.84. The number of nitrogens with one attached hydrogen (secondary N) is 1. The van der Waals surface area contributed by atoms with Crippen molar-refractivity contribution in [2.45, 2.75) is 19.4 Å². The molecule has 0 aromatic carbocycles. The third-order valence-corrected chi connectivity index (χ3v) is 3.25. The first-order valence-corrected chi connectivity index (χ1v) is 6.31. The van der Waals surface area contributed by atoms with E-state index in [4.69, 9.17) is 5.11 Å². The molecule has 0 saturated carbocycles. The van der Waals surface area contributed by atoms with Crippen LogP contribution >= 0.6 is 0 Å². The van der Waals surface area contributed by atoms with E-state index in [0.717, 1.165) is 12.0 Å². The van der Waals surface area contributed by atoms with E-state index in [-0.39, 0.29) is 12.6 Å². The van der Waals surface area contributed by atoms with Gasteiger partial charge in [0.1, 0.15) is 0 Å². The van der Waals surface area contributed by atoms with E-state index in [1.54, 1.807) is 17.3 Å². The number of aliphatic carboxylic acids is 1. The van der Waals surface area contributed by atoms with Crippen LogP contribution in [0.4, 0.5) is 4.79 Å². The van der Waals surface area contributed by atoms with Crippen LogP contribution in [0.25, 0.3) is 0 Å². The Kier molecular flexibility index (Phi) is 4.33. The number of carboxylic acid groups (broad SMARTS) is 1. The molecule has 6 nitrogen and oxygen atoms in total. The zero-order chi connectivity index (χ0) is 13.7. The Morgan fingerprint density at radius 2 is 2.16 bits per heavy atom. The second-order valence-electron chi connectivity index (χ2n) is 4.64. The number of carbonyl (C=O) groups is 2. The number of rotatable bonds is 3. The summed E-state index contributed by atoms with van der Waals surface area (Å²) in [5.74, 6) is -1.27. The van der Waals surface area contributed by atoms with Gasteiger partial charge in [0.25, 0.3) is 0 Å². The summed E-state index contributed by atoms with van der Waals surface area (Å²) >= 11 is 0. The maximum Gasteiger partial charge on any atom is 0.317 e. The fourth-order valence-electron chi connectivity index (χ4n) is 2.15. The van der Waals surface area contributed by atoms with Crippen molar-refractivity contribution >= 4 is 12.0 Å². The van der Waals surface area contributed by atoms with Gasteiger partial charge in [0.15, 0.2) is 0 Å². The summed E-state index contributed by atoms with van der Waals surface area (Å²) < 4.78 is 0. The summed E-state index contributed by atoms with van der Waals surface area (Å²) in [6, 6.07) is 3.45. The summed E-state index contributed by atoms with van der Waals surface area (Å²) in [5, 5.41) is 11.8. The lowest BCUT2D eigenvalue weighted by atomic mass is 9.99. The van der Waals surface area contributed by atoms with Crippen molar-refractivity contribution in [1.29, 1.82) is 0 Å². The van der Waals surface area contributed by atoms with Crippen LogP contribution in [-0.2, 0) is 11.3 Å². The molecule has 0 spiro atoms. The quantitative estimate of drug-likeness (QED) is 0.855. The summed E-state index contributed by atoms with van der Waals surface area (Å²) in [4.78, 5) is 28.4. The Morgan fingerprint density at radius 1 is 1.42 bits per heavy atom. The van der Waals surface area contributed by atoms with Crippen LogP contribution in [0, 0.1) is 5.92 Å². The fraction of sp³-hybridized carbons (Fsp3) is 0.462. The molecule has 1 aromatic rings. The average Bonchev–Trinajstić information content (AvgIpc) is 2.46. The van der Waals surface area contributed by atoms with Crippen LogP contribution in [-0.4, -0.2) is 40.1 Å². The molecule has 1 saturated heterocycles. The summed E-state index contributed by atoms with van der Waals surface area (Å²) in [7, 11) is 0. The minimum Gasteiger partial charge on any atom is -0.481 e. The predicted molar refractivity (Wildman–Crippen MR) is 68.4 cm³/mol. The molecule has 0 aliphatic carbocycles. The fourth-order valence-corrected chi connectivity index (χ4v) is 2.15. The van der Waals surface area contributed by atoms with E-state index in [2.05, 4.69) is 10.3 Å². The number of carbonyl (C=O) groups excluding carboxylic acids is 1. The number of pyridine rings is 1. The first-order valence-electron chi connectivity index (χ1n) is 6.31. The van der Waals surface area contributed by atoms with Gasteiger partial charge in [-0.25, -0.2) is 4.79 Å². The third-order valence-electron chi connectivity index (χ3n) is 3.25. The SMILES string of the molecule is O=C(O)[C@@H]1CCCN(C(=O)NCc2ccncc2)C1. The lowest BCUT2D eigenvalue weighted by Gasteiger charge is -2.30. The number of amides is 2. The molecule has 2 amide bonds. The Hall–Kier alpha value is -2.11. The molecular weight excluding hydrogens is 246 g/mol. The minimum absolute atomic E-state index is 0.206. The van der Waals surface area contributed by atoms with Crippen molar-refractivity contribution < 1.29 is 14.7 Å². The van der Waals surface area contributed by atoms with E-state index < -0.39 is 11.9 Å². The van der Waals surface area contributed by atoms with Crippen LogP contribution in [0.15, 0.2) is 24.5 Å². The normalized spacial score (nSPS) is 18.9. The molecule has 2 rings (SSSR count). The van der Waals surface area contributed by atoms with E-state index in [1.807, 2.05) is 12.1 Å². The van der Waals surface area contributed by atoms with Gasteiger partial charge in [-0.2, -0.15) is 0 Å². The van der Waals surface area contributed by atoms with E-state index in [9.17, 15) is 9.59 Å². The van der Waals surface area contributed by atoms with E-state index in [1.165, 1.54) is 0 Å². The zero-order valence-electron chi connectivity index (χ0n) is 10.6. The molecule has 1 fully saturated rings. The first kappa shape index (κ1) is 13.3. The number of urea groups is 1. The van der Waals surface area contributed by atoms with Gasteiger partial charge in [0.2, 0.25) is 0 Å². The summed E-state index contributed by atoms with van der Waals surface area (Å²) in [6.07, 6.45) is 4.72. The largest absolute Gasteiger partial charge is 0.481 e. The highest BCUT2D eigenvalue weighted by Crippen LogP contribution is 2.16. The molecular formula is C13H17N3O3. The highest BCUT2D eigenvalue weighted by Gasteiger charge is 2.27. The van der Waals surface area contributed by atoms with Gasteiger partial charge in [0, 0.05) is 32.0 Å². The van der Waals surface area contributed by atoms with Crippen molar-refractivity contribution in [3.8, 4) is 0 Å². The number of aromatic nitrogens is 1. The molecule has 2 N–H and O–H groups in total. The van der Waals surface area contributed by atoms with E-state index >= 15 is 0 Å². The second kappa shape index (κ2) is 6.17. The summed E-state index contributed by atoms with van der Waals surface area (Å²) in [6.45, 7) is 1.33. The van der Waals surface area contributed by atoms with Gasteiger partial charge < -0.3 is 15.3 Å². The highest BCUT2D eigenvalue weighted by atomic mass is 16.4. The smallest absolute Gasteiger partial charge is 0.317 e. The van der Waals surface area contributed by atoms with Gasteiger partial charge in [-0.1, -0.05) is 0 Å². The number of hydrogen-bond acceptors (Lipinski definition) is 3. The third kappa shape index (κ3) is 3.67. The van der Waals surface area contributed by atoms with Crippen molar-refractivity contribution in [1.82, 2.24) is 15.2 Å². The molecule has 1 aliphatic rings. The highest BCUT2D eigenvalue weighted by molar-refractivity contribution is 5.76. The van der Waals surface area contributed by atoms with Crippen LogP contribution < -0.4 is 5.32 Å². The van der Waals surface area contributed by atoms with Crippen molar-refractivity contribution in [3.63, 3.8) is 0 Å². The van der Waals surface area contributed by atoms with Crippen LogP contribution in [0.5, 0.6) is 0 Å². The molecule has 0 radical (unpaired) electrons. The van der Waals surface area contributed by atoms with Gasteiger partial charge in [-0.15, -0.1) is 0 Å². The minimum atomic E-state index is -0.827. The Bertz CT molecular complexity index is 450. The molecule has 19 heavy (non-hydrogen) atoms. The topological polar surface area (TPSA) is 82.5 Å². The molecule has 102 valence electrons. The predicted octanol–water partition coefficient (Wildman–Crippen LogP) is 1.09. The van der Waals surface area contributed by atoms with Gasteiger partial charge in [-0.05, 0) is 30.5 Å². The summed E-state index contributed by atoms with van der Waals surface area (Å²) in [5.41, 5.74) is 0.968. The standard InChI is InChI=1S/C13H17N3O3/c17-12(18)11-2-1-7-16(9-11)13(19)15-8-10-3-5-14-6-4-10/h3-6,11H,1-2,7-9H2,(H,15,19)(H,17,18)/t11-/m1/s1. The number of hydrogen-bond donors (Lipinski definition) is 2. The number of likely N-dealkylation sites (tertiary alicyclic amines) is 1. The number of nitrogens with zero attached hydrogens (tertiary/aromatic N) is 2. The molecule has 1 aliphatic heterocycles. The average molecular weight is 263 g/mol. The number of carboxylic acids is 1. The van der Waals surface area contributed by atoms with Crippen molar-refractivity contribution in [2.24, 2.45) is 5.92 Å². The van der Waals surface area contributed by atoms with Crippen LogP contribution in [0.2, 0.25) is 0 Å².